The number of rotatable bonds is 6. The minimum absolute atomic E-state index is 0.140. The summed E-state index contributed by atoms with van der Waals surface area (Å²) < 4.78 is 0. The lowest BCUT2D eigenvalue weighted by Gasteiger charge is -2.25. The number of aryl methyl sites for hydroxylation is 1. The number of aliphatic carboxylic acids is 1. The molecule has 2 N–H and O–H groups in total. The van der Waals surface area contributed by atoms with Crippen LogP contribution in [0.15, 0.2) is 24.3 Å². The van der Waals surface area contributed by atoms with E-state index < -0.39 is 5.97 Å². The molecule has 0 aliphatic rings. The van der Waals surface area contributed by atoms with E-state index in [0.717, 1.165) is 30.0 Å². The third-order valence-corrected chi connectivity index (χ3v) is 3.27. The highest BCUT2D eigenvalue weighted by Gasteiger charge is 2.20. The molecule has 1 amide bonds. The van der Waals surface area contributed by atoms with Crippen molar-refractivity contribution in [1.82, 2.24) is 5.32 Å². The van der Waals surface area contributed by atoms with Crippen LogP contribution >= 0.6 is 0 Å². The Morgan fingerprint density at radius 3 is 2.57 bits per heavy atom. The molecule has 1 aromatic carbocycles. The Kier molecular flexibility index (Phi) is 5.70. The molecule has 0 unspecified atom stereocenters. The highest BCUT2D eigenvalue weighted by atomic mass is 16.4. The summed E-state index contributed by atoms with van der Waals surface area (Å²) in [6.07, 6.45) is 4.47. The van der Waals surface area contributed by atoms with Gasteiger partial charge in [0.15, 0.2) is 0 Å². The number of hydrogen-bond donors (Lipinski definition) is 2. The van der Waals surface area contributed by atoms with E-state index in [1.165, 1.54) is 6.08 Å². The molecule has 4 heteroatoms. The number of carbonyl (C=O) groups excluding carboxylic acids is 1. The molecule has 0 spiro atoms. The number of carbonyl (C=O) groups is 2. The molecule has 1 rings (SSSR count). The molecule has 0 bridgehead atoms. The van der Waals surface area contributed by atoms with Gasteiger partial charge in [0.1, 0.15) is 0 Å². The lowest BCUT2D eigenvalue weighted by molar-refractivity contribution is -0.131. The van der Waals surface area contributed by atoms with Gasteiger partial charge in [-0.05, 0) is 56.5 Å². The zero-order valence-corrected chi connectivity index (χ0v) is 13.1. The van der Waals surface area contributed by atoms with Crippen molar-refractivity contribution in [2.45, 2.75) is 46.1 Å². The van der Waals surface area contributed by atoms with E-state index in [2.05, 4.69) is 12.2 Å². The van der Waals surface area contributed by atoms with Crippen LogP contribution in [-0.2, 0) is 4.79 Å². The molecule has 0 saturated carbocycles. The van der Waals surface area contributed by atoms with Crippen LogP contribution in [0.2, 0.25) is 0 Å². The summed E-state index contributed by atoms with van der Waals surface area (Å²) in [5.74, 6) is -1.15. The zero-order chi connectivity index (χ0) is 16.0. The van der Waals surface area contributed by atoms with E-state index in [9.17, 15) is 9.59 Å². The fraction of sp³-hybridized carbons (Fsp3) is 0.412. The zero-order valence-electron chi connectivity index (χ0n) is 13.1. The normalized spacial score (nSPS) is 11.6. The quantitative estimate of drug-likeness (QED) is 0.789. The van der Waals surface area contributed by atoms with Crippen LogP contribution in [-0.4, -0.2) is 22.5 Å². The fourth-order valence-corrected chi connectivity index (χ4v) is 2.19. The summed E-state index contributed by atoms with van der Waals surface area (Å²) in [6, 6.07) is 5.29. The van der Waals surface area contributed by atoms with Gasteiger partial charge in [-0.2, -0.15) is 0 Å². The summed E-state index contributed by atoms with van der Waals surface area (Å²) in [6.45, 7) is 7.94. The van der Waals surface area contributed by atoms with Gasteiger partial charge in [-0.25, -0.2) is 4.79 Å². The van der Waals surface area contributed by atoms with Crippen molar-refractivity contribution in [3.8, 4) is 0 Å². The van der Waals surface area contributed by atoms with Gasteiger partial charge in [-0.15, -0.1) is 0 Å². The molecular formula is C17H23NO3. The fourth-order valence-electron chi connectivity index (χ4n) is 2.19. The second kappa shape index (κ2) is 7.07. The molecule has 1 aromatic rings. The van der Waals surface area contributed by atoms with E-state index in [-0.39, 0.29) is 11.4 Å². The molecule has 0 heterocycles. The molecule has 21 heavy (non-hydrogen) atoms. The summed E-state index contributed by atoms with van der Waals surface area (Å²) >= 11 is 0. The van der Waals surface area contributed by atoms with E-state index in [1.54, 1.807) is 12.1 Å². The maximum Gasteiger partial charge on any atom is 0.328 e. The Morgan fingerprint density at radius 1 is 1.33 bits per heavy atom. The van der Waals surface area contributed by atoms with Crippen LogP contribution in [0.5, 0.6) is 0 Å². The van der Waals surface area contributed by atoms with Crippen molar-refractivity contribution >= 4 is 18.0 Å². The lowest BCUT2D eigenvalue weighted by atomic mass is 9.97. The first-order valence-electron chi connectivity index (χ1n) is 7.09. The van der Waals surface area contributed by atoms with Crippen LogP contribution in [0.1, 0.15) is 55.1 Å². The molecule has 114 valence electrons. The van der Waals surface area contributed by atoms with Gasteiger partial charge in [0.25, 0.3) is 5.91 Å². The van der Waals surface area contributed by atoms with Crippen molar-refractivity contribution < 1.29 is 14.7 Å². The van der Waals surface area contributed by atoms with Gasteiger partial charge in [-0.1, -0.05) is 19.4 Å². The molecule has 0 aliphatic heterocycles. The van der Waals surface area contributed by atoms with Crippen LogP contribution in [0.3, 0.4) is 0 Å². The number of amides is 1. The Hall–Kier alpha value is -2.10. The Balaban J connectivity index is 2.96. The number of benzene rings is 1. The SMILES string of the molecule is CCCC(C)(C)NC(=O)c1ccc(C)c(/C=C/C(=O)O)c1. The van der Waals surface area contributed by atoms with Gasteiger partial charge in [0.2, 0.25) is 0 Å². The van der Waals surface area contributed by atoms with Crippen molar-refractivity contribution in [3.63, 3.8) is 0 Å². The predicted molar refractivity (Wildman–Crippen MR) is 84.3 cm³/mol. The molecule has 0 saturated heterocycles. The first-order chi connectivity index (χ1) is 9.75. The van der Waals surface area contributed by atoms with Crippen LogP contribution in [0.4, 0.5) is 0 Å². The van der Waals surface area contributed by atoms with Gasteiger partial charge < -0.3 is 10.4 Å². The maximum absolute atomic E-state index is 12.3. The third-order valence-electron chi connectivity index (χ3n) is 3.27. The van der Waals surface area contributed by atoms with Gasteiger partial charge in [0, 0.05) is 17.2 Å². The van der Waals surface area contributed by atoms with Gasteiger partial charge >= 0.3 is 5.97 Å². The van der Waals surface area contributed by atoms with E-state index >= 15 is 0 Å². The lowest BCUT2D eigenvalue weighted by Crippen LogP contribution is -2.43. The molecule has 0 radical (unpaired) electrons. The highest BCUT2D eigenvalue weighted by molar-refractivity contribution is 5.95. The van der Waals surface area contributed by atoms with Crippen LogP contribution < -0.4 is 5.32 Å². The molecule has 0 aromatic heterocycles. The van der Waals surface area contributed by atoms with Crippen LogP contribution in [0, 0.1) is 6.92 Å². The molecule has 0 fully saturated rings. The number of carboxylic acids is 1. The van der Waals surface area contributed by atoms with Crippen molar-refractivity contribution in [2.75, 3.05) is 0 Å². The van der Waals surface area contributed by atoms with E-state index in [4.69, 9.17) is 5.11 Å². The average molecular weight is 289 g/mol. The number of nitrogens with one attached hydrogen (secondary N) is 1. The highest BCUT2D eigenvalue weighted by Crippen LogP contribution is 2.16. The first kappa shape index (κ1) is 17.0. The molecule has 0 aliphatic carbocycles. The Labute approximate surface area is 125 Å². The summed E-state index contributed by atoms with van der Waals surface area (Å²) in [4.78, 5) is 22.9. The maximum atomic E-state index is 12.3. The second-order valence-electron chi connectivity index (χ2n) is 5.83. The largest absolute Gasteiger partial charge is 0.478 e. The topological polar surface area (TPSA) is 66.4 Å². The third kappa shape index (κ3) is 5.42. The summed E-state index contributed by atoms with van der Waals surface area (Å²) in [7, 11) is 0. The molecule has 0 atom stereocenters. The second-order valence-corrected chi connectivity index (χ2v) is 5.83. The van der Waals surface area contributed by atoms with Gasteiger partial charge in [-0.3, -0.25) is 4.79 Å². The van der Waals surface area contributed by atoms with Gasteiger partial charge in [0.05, 0.1) is 0 Å². The van der Waals surface area contributed by atoms with Crippen molar-refractivity contribution in [2.24, 2.45) is 0 Å². The number of carboxylic acid groups (broad SMARTS) is 1. The molecular weight excluding hydrogens is 266 g/mol. The minimum atomic E-state index is -1.01. The Bertz CT molecular complexity index is 559. The minimum Gasteiger partial charge on any atom is -0.478 e. The predicted octanol–water partition coefficient (Wildman–Crippen LogP) is 3.40. The number of hydrogen-bond acceptors (Lipinski definition) is 2. The van der Waals surface area contributed by atoms with Crippen molar-refractivity contribution in [1.29, 1.82) is 0 Å². The Morgan fingerprint density at radius 2 is 2.00 bits per heavy atom. The van der Waals surface area contributed by atoms with Crippen molar-refractivity contribution in [3.05, 3.63) is 41.0 Å². The smallest absolute Gasteiger partial charge is 0.328 e. The molecule has 4 nitrogen and oxygen atoms in total. The first-order valence-corrected chi connectivity index (χ1v) is 7.09. The standard InChI is InChI=1S/C17H23NO3/c1-5-10-17(3,4)18-16(21)14-7-6-12(2)13(11-14)8-9-15(19)20/h6-9,11H,5,10H2,1-4H3,(H,18,21)(H,19,20)/b9-8+. The summed E-state index contributed by atoms with van der Waals surface area (Å²) in [5, 5.41) is 11.7. The average Bonchev–Trinajstić information content (AvgIpc) is 2.36. The monoisotopic (exact) mass is 289 g/mol. The van der Waals surface area contributed by atoms with Crippen LogP contribution in [0.25, 0.3) is 6.08 Å². The van der Waals surface area contributed by atoms with E-state index in [0.29, 0.717) is 5.56 Å². The van der Waals surface area contributed by atoms with E-state index in [1.807, 2.05) is 26.8 Å². The summed E-state index contributed by atoms with van der Waals surface area (Å²) in [5.41, 5.74) is 1.94.